The lowest BCUT2D eigenvalue weighted by Crippen LogP contribution is -2.30. The first-order valence-corrected chi connectivity index (χ1v) is 4.60. The molecule has 1 aliphatic carbocycles. The average molecular weight is 160 g/mol. The molecule has 1 rings (SSSR count). The van der Waals surface area contributed by atoms with Crippen LogP contribution in [0.25, 0.3) is 0 Å². The zero-order chi connectivity index (χ0) is 7.61. The fraction of sp³-hybridized carbons (Fsp3) is 1.00. The quantitative estimate of drug-likeness (QED) is 0.561. The topological polar surface area (TPSA) is 20.2 Å². The Morgan fingerprint density at radius 2 is 2.00 bits per heavy atom. The van der Waals surface area contributed by atoms with E-state index in [-0.39, 0.29) is 5.60 Å². The van der Waals surface area contributed by atoms with E-state index in [1.807, 2.05) is 6.92 Å². The van der Waals surface area contributed by atoms with Crippen LogP contribution in [-0.4, -0.2) is 16.5 Å². The highest BCUT2D eigenvalue weighted by atomic mass is 32.1. The first-order chi connectivity index (χ1) is 4.64. The molecule has 1 fully saturated rings. The Balaban J connectivity index is 2.31. The van der Waals surface area contributed by atoms with E-state index in [2.05, 4.69) is 12.6 Å². The lowest BCUT2D eigenvalue weighted by molar-refractivity contribution is 0.0111. The molecule has 0 bridgehead atoms. The van der Waals surface area contributed by atoms with Crippen LogP contribution in [0.3, 0.4) is 0 Å². The molecule has 0 saturated heterocycles. The Morgan fingerprint density at radius 1 is 1.50 bits per heavy atom. The molecule has 1 nitrogen and oxygen atoms in total. The maximum atomic E-state index is 9.56. The van der Waals surface area contributed by atoms with E-state index in [1.165, 1.54) is 0 Å². The summed E-state index contributed by atoms with van der Waals surface area (Å²) in [5, 5.41) is 9.56. The third kappa shape index (κ3) is 2.17. The first-order valence-electron chi connectivity index (χ1n) is 3.97. The van der Waals surface area contributed by atoms with Gasteiger partial charge in [0.15, 0.2) is 0 Å². The largest absolute Gasteiger partial charge is 0.390 e. The van der Waals surface area contributed by atoms with Crippen molar-refractivity contribution >= 4 is 12.6 Å². The number of rotatable bonds is 1. The summed E-state index contributed by atoms with van der Waals surface area (Å²) in [6, 6.07) is 0. The molecule has 60 valence electrons. The number of aliphatic hydroxyl groups is 1. The van der Waals surface area contributed by atoms with E-state index in [4.69, 9.17) is 0 Å². The van der Waals surface area contributed by atoms with Crippen LogP contribution in [0, 0.1) is 5.92 Å². The Kier molecular flexibility index (Phi) is 2.64. The van der Waals surface area contributed by atoms with Crippen molar-refractivity contribution in [3.63, 3.8) is 0 Å². The van der Waals surface area contributed by atoms with E-state index in [1.54, 1.807) is 0 Å². The van der Waals surface area contributed by atoms with Gasteiger partial charge in [-0.15, -0.1) is 0 Å². The minimum atomic E-state index is -0.376. The van der Waals surface area contributed by atoms with Gasteiger partial charge in [0.1, 0.15) is 0 Å². The highest BCUT2D eigenvalue weighted by Gasteiger charge is 2.27. The maximum Gasteiger partial charge on any atom is 0.0620 e. The van der Waals surface area contributed by atoms with Gasteiger partial charge in [-0.1, -0.05) is 0 Å². The summed E-state index contributed by atoms with van der Waals surface area (Å²) in [4.78, 5) is 0. The SMILES string of the molecule is CC1(O)CCC(CS)CC1. The molecule has 0 unspecified atom stereocenters. The van der Waals surface area contributed by atoms with Crippen molar-refractivity contribution in [1.82, 2.24) is 0 Å². The molecule has 0 radical (unpaired) electrons. The smallest absolute Gasteiger partial charge is 0.0620 e. The van der Waals surface area contributed by atoms with Gasteiger partial charge in [0.25, 0.3) is 0 Å². The van der Waals surface area contributed by atoms with Crippen molar-refractivity contribution < 1.29 is 5.11 Å². The van der Waals surface area contributed by atoms with Crippen LogP contribution >= 0.6 is 12.6 Å². The molecule has 1 N–H and O–H groups in total. The van der Waals surface area contributed by atoms with Crippen LogP contribution in [-0.2, 0) is 0 Å². The molecule has 0 atom stereocenters. The van der Waals surface area contributed by atoms with Crippen LogP contribution in [0.1, 0.15) is 32.6 Å². The maximum absolute atomic E-state index is 9.56. The standard InChI is InChI=1S/C8H16OS/c1-8(9)4-2-7(6-10)3-5-8/h7,9-10H,2-6H2,1H3. The van der Waals surface area contributed by atoms with Crippen molar-refractivity contribution in [3.05, 3.63) is 0 Å². The second-order valence-electron chi connectivity index (χ2n) is 3.62. The molecular weight excluding hydrogens is 144 g/mol. The van der Waals surface area contributed by atoms with Crippen molar-refractivity contribution in [2.24, 2.45) is 5.92 Å². The number of hydrogen-bond acceptors (Lipinski definition) is 2. The summed E-state index contributed by atoms with van der Waals surface area (Å²) >= 11 is 4.24. The van der Waals surface area contributed by atoms with E-state index in [0.717, 1.165) is 37.4 Å². The van der Waals surface area contributed by atoms with E-state index in [9.17, 15) is 5.11 Å². The van der Waals surface area contributed by atoms with Crippen LogP contribution in [0.2, 0.25) is 0 Å². The summed E-state index contributed by atoms with van der Waals surface area (Å²) in [6.07, 6.45) is 4.21. The normalized spacial score (nSPS) is 41.7. The highest BCUT2D eigenvalue weighted by Crippen LogP contribution is 2.31. The average Bonchev–Trinajstić information content (AvgIpc) is 1.88. The van der Waals surface area contributed by atoms with Gasteiger partial charge in [0.05, 0.1) is 5.60 Å². The molecule has 0 amide bonds. The van der Waals surface area contributed by atoms with Gasteiger partial charge >= 0.3 is 0 Å². The van der Waals surface area contributed by atoms with Crippen molar-refractivity contribution in [2.75, 3.05) is 5.75 Å². The summed E-state index contributed by atoms with van der Waals surface area (Å²) < 4.78 is 0. The molecular formula is C8H16OS. The second-order valence-corrected chi connectivity index (χ2v) is 3.99. The minimum absolute atomic E-state index is 0.376. The fourth-order valence-electron chi connectivity index (χ4n) is 1.48. The van der Waals surface area contributed by atoms with Gasteiger partial charge in [-0.2, -0.15) is 12.6 Å². The number of thiol groups is 1. The lowest BCUT2D eigenvalue weighted by atomic mass is 9.81. The summed E-state index contributed by atoms with van der Waals surface area (Å²) in [6.45, 7) is 1.93. The van der Waals surface area contributed by atoms with E-state index < -0.39 is 0 Å². The van der Waals surface area contributed by atoms with Crippen LogP contribution in [0.5, 0.6) is 0 Å². The summed E-state index contributed by atoms with van der Waals surface area (Å²) in [5.74, 6) is 1.74. The number of hydrogen-bond donors (Lipinski definition) is 2. The molecule has 10 heavy (non-hydrogen) atoms. The zero-order valence-corrected chi connectivity index (χ0v) is 7.40. The molecule has 2 heteroatoms. The van der Waals surface area contributed by atoms with Crippen molar-refractivity contribution in [3.8, 4) is 0 Å². The molecule has 0 aliphatic heterocycles. The molecule has 0 aromatic heterocycles. The predicted octanol–water partition coefficient (Wildman–Crippen LogP) is 1.86. The Bertz CT molecular complexity index is 102. The molecule has 1 saturated carbocycles. The van der Waals surface area contributed by atoms with Gasteiger partial charge in [-0.3, -0.25) is 0 Å². The lowest BCUT2D eigenvalue weighted by Gasteiger charge is -2.32. The molecule has 0 heterocycles. The van der Waals surface area contributed by atoms with E-state index in [0.29, 0.717) is 0 Å². The second kappa shape index (κ2) is 3.14. The Labute approximate surface area is 68.2 Å². The van der Waals surface area contributed by atoms with Crippen molar-refractivity contribution in [1.29, 1.82) is 0 Å². The molecule has 0 spiro atoms. The Hall–Kier alpha value is 0.310. The molecule has 0 aromatic rings. The fourth-order valence-corrected chi connectivity index (χ4v) is 1.85. The highest BCUT2D eigenvalue weighted by molar-refractivity contribution is 7.80. The monoisotopic (exact) mass is 160 g/mol. The van der Waals surface area contributed by atoms with Crippen LogP contribution in [0.15, 0.2) is 0 Å². The predicted molar refractivity (Wildman–Crippen MR) is 46.4 cm³/mol. The third-order valence-electron chi connectivity index (χ3n) is 2.44. The summed E-state index contributed by atoms with van der Waals surface area (Å²) in [7, 11) is 0. The minimum Gasteiger partial charge on any atom is -0.390 e. The molecule has 1 aliphatic rings. The van der Waals surface area contributed by atoms with Crippen molar-refractivity contribution in [2.45, 2.75) is 38.2 Å². The van der Waals surface area contributed by atoms with Gasteiger partial charge in [-0.25, -0.2) is 0 Å². The Morgan fingerprint density at radius 3 is 2.40 bits per heavy atom. The van der Waals surface area contributed by atoms with E-state index >= 15 is 0 Å². The van der Waals surface area contributed by atoms with Gasteiger partial charge in [-0.05, 0) is 44.3 Å². The summed E-state index contributed by atoms with van der Waals surface area (Å²) in [5.41, 5.74) is -0.376. The molecule has 0 aromatic carbocycles. The van der Waals surface area contributed by atoms with Crippen LogP contribution in [0.4, 0.5) is 0 Å². The van der Waals surface area contributed by atoms with Gasteiger partial charge in [0.2, 0.25) is 0 Å². The van der Waals surface area contributed by atoms with Gasteiger partial charge in [0, 0.05) is 0 Å². The first kappa shape index (κ1) is 8.41. The van der Waals surface area contributed by atoms with Crippen LogP contribution < -0.4 is 0 Å². The third-order valence-corrected chi connectivity index (χ3v) is 2.96. The van der Waals surface area contributed by atoms with Gasteiger partial charge < -0.3 is 5.11 Å². The zero-order valence-electron chi connectivity index (χ0n) is 6.51.